The monoisotopic (exact) mass is 331 g/mol. The van der Waals surface area contributed by atoms with E-state index in [0.717, 1.165) is 49.9 Å². The molecule has 5 heteroatoms. The fraction of sp³-hybridized carbons (Fsp3) is 0.579. The lowest BCUT2D eigenvalue weighted by Gasteiger charge is -2.35. The Hall–Kier alpha value is -1.88. The molecule has 2 saturated heterocycles. The highest BCUT2D eigenvalue weighted by Crippen LogP contribution is 2.32. The van der Waals surface area contributed by atoms with Crippen molar-refractivity contribution >= 4 is 11.9 Å². The van der Waals surface area contributed by atoms with Crippen LogP contribution in [0, 0.1) is 5.92 Å². The molecule has 0 aromatic heterocycles. The molecule has 1 amide bonds. The number of carbonyl (C=O) groups excluding carboxylic acids is 1. The van der Waals surface area contributed by atoms with E-state index < -0.39 is 12.1 Å². The first-order valence-corrected chi connectivity index (χ1v) is 8.85. The van der Waals surface area contributed by atoms with Gasteiger partial charge in [-0.25, -0.2) is 4.79 Å². The average Bonchev–Trinajstić information content (AvgIpc) is 3.11. The van der Waals surface area contributed by atoms with E-state index in [1.807, 2.05) is 29.2 Å². The minimum atomic E-state index is -0.860. The fourth-order valence-electron chi connectivity index (χ4n) is 3.87. The number of aryl methyl sites for hydroxylation is 1. The van der Waals surface area contributed by atoms with Crippen molar-refractivity contribution in [1.82, 2.24) is 4.90 Å². The van der Waals surface area contributed by atoms with Gasteiger partial charge in [-0.3, -0.25) is 4.79 Å². The summed E-state index contributed by atoms with van der Waals surface area (Å²) in [7, 11) is 0. The van der Waals surface area contributed by atoms with Crippen molar-refractivity contribution in [3.8, 4) is 0 Å². The van der Waals surface area contributed by atoms with Gasteiger partial charge in [0.25, 0.3) is 5.91 Å². The summed E-state index contributed by atoms with van der Waals surface area (Å²) in [5.41, 5.74) is 1.90. The number of ether oxygens (including phenoxy) is 1. The van der Waals surface area contributed by atoms with E-state index in [1.54, 1.807) is 0 Å². The lowest BCUT2D eigenvalue weighted by atomic mass is 9.89. The van der Waals surface area contributed by atoms with Crippen LogP contribution in [0.3, 0.4) is 0 Å². The molecule has 2 aliphatic heterocycles. The molecule has 0 radical (unpaired) electrons. The van der Waals surface area contributed by atoms with Crippen molar-refractivity contribution in [1.29, 1.82) is 0 Å². The van der Waals surface area contributed by atoms with Crippen LogP contribution in [0.1, 0.15) is 48.5 Å². The number of likely N-dealkylation sites (tertiary alicyclic amines) is 1. The zero-order chi connectivity index (χ0) is 17.1. The molecule has 130 valence electrons. The van der Waals surface area contributed by atoms with E-state index >= 15 is 0 Å². The molecular weight excluding hydrogens is 306 g/mol. The van der Waals surface area contributed by atoms with Gasteiger partial charge in [0.1, 0.15) is 0 Å². The maximum atomic E-state index is 12.8. The molecule has 3 rings (SSSR count). The van der Waals surface area contributed by atoms with Crippen LogP contribution in [0.5, 0.6) is 0 Å². The molecule has 0 spiro atoms. The predicted molar refractivity (Wildman–Crippen MR) is 90.0 cm³/mol. The van der Waals surface area contributed by atoms with Gasteiger partial charge in [0.2, 0.25) is 0 Å². The highest BCUT2D eigenvalue weighted by atomic mass is 16.5. The number of piperidine rings is 1. The smallest absolute Gasteiger partial charge is 0.332 e. The molecule has 1 aromatic carbocycles. The molecule has 2 aliphatic rings. The number of amides is 1. The number of nitrogens with zero attached hydrogens (tertiary/aromatic N) is 1. The summed E-state index contributed by atoms with van der Waals surface area (Å²) in [6.07, 6.45) is 3.42. The normalized spacial score (nSPS) is 25.0. The van der Waals surface area contributed by atoms with E-state index in [2.05, 4.69) is 6.92 Å². The molecule has 1 aromatic rings. The molecule has 2 fully saturated rings. The third-order valence-electron chi connectivity index (χ3n) is 5.31. The molecule has 1 N–H and O–H groups in total. The van der Waals surface area contributed by atoms with Crippen molar-refractivity contribution in [2.45, 2.75) is 51.2 Å². The van der Waals surface area contributed by atoms with E-state index in [1.165, 1.54) is 0 Å². The van der Waals surface area contributed by atoms with E-state index in [-0.39, 0.29) is 12.0 Å². The number of aliphatic carboxylic acids is 1. The first-order chi connectivity index (χ1) is 11.6. The summed E-state index contributed by atoms with van der Waals surface area (Å²) >= 11 is 0. The minimum Gasteiger partial charge on any atom is -0.479 e. The average molecular weight is 331 g/mol. The molecule has 2 heterocycles. The molecule has 0 saturated carbocycles. The second kappa shape index (κ2) is 7.34. The highest BCUT2D eigenvalue weighted by Gasteiger charge is 2.37. The Morgan fingerprint density at radius 2 is 1.88 bits per heavy atom. The molecule has 0 bridgehead atoms. The Morgan fingerprint density at radius 3 is 2.50 bits per heavy atom. The first kappa shape index (κ1) is 17.0. The molecule has 0 unspecified atom stereocenters. The summed E-state index contributed by atoms with van der Waals surface area (Å²) in [5.74, 6) is -0.386. The van der Waals surface area contributed by atoms with Crippen LogP contribution < -0.4 is 0 Å². The number of carboxylic acids is 1. The zero-order valence-corrected chi connectivity index (χ0v) is 14.1. The number of hydrogen-bond donors (Lipinski definition) is 1. The molecule has 2 atom stereocenters. The van der Waals surface area contributed by atoms with Crippen molar-refractivity contribution in [3.63, 3.8) is 0 Å². The van der Waals surface area contributed by atoms with Gasteiger partial charge in [0, 0.05) is 18.7 Å². The largest absolute Gasteiger partial charge is 0.479 e. The predicted octanol–water partition coefficient (Wildman–Crippen LogP) is 2.73. The lowest BCUT2D eigenvalue weighted by molar-refractivity contribution is -0.150. The van der Waals surface area contributed by atoms with E-state index in [0.29, 0.717) is 12.3 Å². The van der Waals surface area contributed by atoms with Gasteiger partial charge in [-0.2, -0.15) is 0 Å². The third-order valence-corrected chi connectivity index (χ3v) is 5.31. The lowest BCUT2D eigenvalue weighted by Crippen LogP contribution is -2.41. The number of benzene rings is 1. The van der Waals surface area contributed by atoms with Gasteiger partial charge in [0.05, 0.1) is 6.10 Å². The zero-order valence-electron chi connectivity index (χ0n) is 14.1. The summed E-state index contributed by atoms with van der Waals surface area (Å²) < 4.78 is 5.68. The van der Waals surface area contributed by atoms with Crippen LogP contribution in [-0.2, 0) is 16.0 Å². The SMILES string of the molecule is CCc1ccccc1C(=O)N1CCC([C@@H]2CC[C@H](C(=O)O)O2)CC1. The maximum absolute atomic E-state index is 12.8. The van der Waals surface area contributed by atoms with Crippen molar-refractivity contribution in [2.75, 3.05) is 13.1 Å². The summed E-state index contributed by atoms with van der Waals surface area (Å²) in [6.45, 7) is 3.51. The second-order valence-electron chi connectivity index (χ2n) is 6.72. The Labute approximate surface area is 142 Å². The fourth-order valence-corrected chi connectivity index (χ4v) is 3.87. The first-order valence-electron chi connectivity index (χ1n) is 8.85. The van der Waals surface area contributed by atoms with Gasteiger partial charge < -0.3 is 14.7 Å². The van der Waals surface area contributed by atoms with E-state index in [4.69, 9.17) is 9.84 Å². The Balaban J connectivity index is 1.57. The van der Waals surface area contributed by atoms with Gasteiger partial charge in [-0.15, -0.1) is 0 Å². The van der Waals surface area contributed by atoms with Gasteiger partial charge in [0.15, 0.2) is 6.10 Å². The maximum Gasteiger partial charge on any atom is 0.332 e. The van der Waals surface area contributed by atoms with Gasteiger partial charge in [-0.1, -0.05) is 25.1 Å². The summed E-state index contributed by atoms with van der Waals surface area (Å²) in [6, 6.07) is 7.80. The van der Waals surface area contributed by atoms with Crippen molar-refractivity contribution < 1.29 is 19.4 Å². The number of hydrogen-bond acceptors (Lipinski definition) is 3. The number of rotatable bonds is 4. The van der Waals surface area contributed by atoms with Crippen LogP contribution in [0.25, 0.3) is 0 Å². The van der Waals surface area contributed by atoms with Crippen LogP contribution in [0.4, 0.5) is 0 Å². The molecule has 24 heavy (non-hydrogen) atoms. The minimum absolute atomic E-state index is 0.0336. The Bertz CT molecular complexity index is 607. The Morgan fingerprint density at radius 1 is 1.17 bits per heavy atom. The highest BCUT2D eigenvalue weighted by molar-refractivity contribution is 5.95. The van der Waals surface area contributed by atoms with Crippen molar-refractivity contribution in [2.24, 2.45) is 5.92 Å². The van der Waals surface area contributed by atoms with Crippen LogP contribution >= 0.6 is 0 Å². The molecule has 5 nitrogen and oxygen atoms in total. The third kappa shape index (κ3) is 3.46. The summed E-state index contributed by atoms with van der Waals surface area (Å²) in [5, 5.41) is 9.04. The van der Waals surface area contributed by atoms with E-state index in [9.17, 15) is 9.59 Å². The Kier molecular flexibility index (Phi) is 5.19. The summed E-state index contributed by atoms with van der Waals surface area (Å²) in [4.78, 5) is 25.7. The number of carboxylic acid groups (broad SMARTS) is 1. The van der Waals surface area contributed by atoms with Crippen molar-refractivity contribution in [3.05, 3.63) is 35.4 Å². The van der Waals surface area contributed by atoms with Gasteiger partial charge >= 0.3 is 5.97 Å². The van der Waals surface area contributed by atoms with Crippen LogP contribution in [0.15, 0.2) is 24.3 Å². The van der Waals surface area contributed by atoms with Crippen LogP contribution in [0.2, 0.25) is 0 Å². The number of carbonyl (C=O) groups is 2. The topological polar surface area (TPSA) is 66.8 Å². The molecular formula is C19H25NO4. The second-order valence-corrected chi connectivity index (χ2v) is 6.72. The quantitative estimate of drug-likeness (QED) is 0.921. The molecule has 0 aliphatic carbocycles. The standard InChI is InChI=1S/C19H25NO4/c1-2-13-5-3-4-6-15(13)18(21)20-11-9-14(10-12-20)16-7-8-17(24-16)19(22)23/h3-6,14,16-17H,2,7-12H2,1H3,(H,22,23)/t16-,17+/m0/s1. The van der Waals surface area contributed by atoms with Gasteiger partial charge in [-0.05, 0) is 49.7 Å². The van der Waals surface area contributed by atoms with Crippen LogP contribution in [-0.4, -0.2) is 47.2 Å².